The minimum Gasteiger partial charge on any atom is -0.493 e. The van der Waals surface area contributed by atoms with Crippen LogP contribution in [0.3, 0.4) is 0 Å². The van der Waals surface area contributed by atoms with Gasteiger partial charge in [0.2, 0.25) is 11.7 Å². The summed E-state index contributed by atoms with van der Waals surface area (Å²) in [5, 5.41) is 3.00. The minimum atomic E-state index is -0.114. The first-order chi connectivity index (χ1) is 14.6. The fourth-order valence-electron chi connectivity index (χ4n) is 3.66. The molecule has 0 radical (unpaired) electrons. The SMILES string of the molecule is COc1cc(C(=O)N2CCC(C(=O)NCc3ccccc3)CC2)cc(OC)c1OC. The topological polar surface area (TPSA) is 77.1 Å². The fraction of sp³-hybridized carbons (Fsp3) is 0.391. The molecule has 2 aromatic rings. The Bertz CT molecular complexity index is 851. The van der Waals surface area contributed by atoms with E-state index in [1.807, 2.05) is 30.3 Å². The predicted octanol–water partition coefficient (Wildman–Crippen LogP) is 2.88. The lowest BCUT2D eigenvalue weighted by Crippen LogP contribution is -2.42. The van der Waals surface area contributed by atoms with Crippen LogP contribution in [-0.2, 0) is 11.3 Å². The summed E-state index contributed by atoms with van der Waals surface area (Å²) in [6, 6.07) is 13.1. The van der Waals surface area contributed by atoms with E-state index in [0.29, 0.717) is 55.3 Å². The van der Waals surface area contributed by atoms with Crippen molar-refractivity contribution >= 4 is 11.8 Å². The third kappa shape index (κ3) is 4.84. The zero-order valence-electron chi connectivity index (χ0n) is 17.6. The monoisotopic (exact) mass is 412 g/mol. The number of amides is 2. The van der Waals surface area contributed by atoms with Crippen LogP contribution >= 0.6 is 0 Å². The largest absolute Gasteiger partial charge is 0.493 e. The summed E-state index contributed by atoms with van der Waals surface area (Å²) in [7, 11) is 4.56. The summed E-state index contributed by atoms with van der Waals surface area (Å²) in [4.78, 5) is 27.3. The second-order valence-corrected chi connectivity index (χ2v) is 7.18. The number of nitrogens with zero attached hydrogens (tertiary/aromatic N) is 1. The van der Waals surface area contributed by atoms with Crippen molar-refractivity contribution in [1.82, 2.24) is 10.2 Å². The van der Waals surface area contributed by atoms with Gasteiger partial charge in [-0.3, -0.25) is 9.59 Å². The Hall–Kier alpha value is -3.22. The maximum absolute atomic E-state index is 13.0. The summed E-state index contributed by atoms with van der Waals surface area (Å²) < 4.78 is 16.0. The Balaban J connectivity index is 1.59. The Morgan fingerprint density at radius 1 is 0.967 bits per heavy atom. The molecule has 0 bridgehead atoms. The van der Waals surface area contributed by atoms with Crippen LogP contribution in [0.5, 0.6) is 17.2 Å². The first-order valence-corrected chi connectivity index (χ1v) is 9.98. The Morgan fingerprint density at radius 2 is 1.57 bits per heavy atom. The summed E-state index contributed by atoms with van der Waals surface area (Å²) >= 11 is 0. The second-order valence-electron chi connectivity index (χ2n) is 7.18. The van der Waals surface area contributed by atoms with Crippen LogP contribution in [0.4, 0.5) is 0 Å². The summed E-state index contributed by atoms with van der Waals surface area (Å²) in [6.45, 7) is 1.57. The number of nitrogens with one attached hydrogen (secondary N) is 1. The molecule has 0 saturated carbocycles. The van der Waals surface area contributed by atoms with Crippen molar-refractivity contribution in [1.29, 1.82) is 0 Å². The first kappa shape index (κ1) is 21.5. The van der Waals surface area contributed by atoms with Crippen molar-refractivity contribution in [2.45, 2.75) is 19.4 Å². The first-order valence-electron chi connectivity index (χ1n) is 9.98. The number of hydrogen-bond donors (Lipinski definition) is 1. The lowest BCUT2D eigenvalue weighted by atomic mass is 9.95. The number of carbonyl (C=O) groups is 2. The van der Waals surface area contributed by atoms with E-state index in [1.165, 1.54) is 21.3 Å². The molecule has 0 aromatic heterocycles. The number of likely N-dealkylation sites (tertiary alicyclic amines) is 1. The van der Waals surface area contributed by atoms with Gasteiger partial charge in [0, 0.05) is 31.1 Å². The Labute approximate surface area is 176 Å². The van der Waals surface area contributed by atoms with Gasteiger partial charge in [-0.15, -0.1) is 0 Å². The fourth-order valence-corrected chi connectivity index (χ4v) is 3.66. The molecule has 1 N–H and O–H groups in total. The second kappa shape index (κ2) is 10.0. The minimum absolute atomic E-state index is 0.0405. The quantitative estimate of drug-likeness (QED) is 0.757. The van der Waals surface area contributed by atoms with Crippen LogP contribution < -0.4 is 19.5 Å². The van der Waals surface area contributed by atoms with E-state index >= 15 is 0 Å². The molecule has 1 saturated heterocycles. The average molecular weight is 412 g/mol. The van der Waals surface area contributed by atoms with Gasteiger partial charge in [-0.2, -0.15) is 0 Å². The highest BCUT2D eigenvalue weighted by atomic mass is 16.5. The number of ether oxygens (including phenoxy) is 3. The van der Waals surface area contributed by atoms with Crippen molar-refractivity contribution in [3.63, 3.8) is 0 Å². The van der Waals surface area contributed by atoms with Gasteiger partial charge >= 0.3 is 0 Å². The molecule has 1 aliphatic rings. The van der Waals surface area contributed by atoms with E-state index in [-0.39, 0.29) is 17.7 Å². The number of piperidine rings is 1. The van der Waals surface area contributed by atoms with Crippen LogP contribution in [0.2, 0.25) is 0 Å². The molecule has 1 heterocycles. The van der Waals surface area contributed by atoms with Crippen LogP contribution in [0.15, 0.2) is 42.5 Å². The molecule has 30 heavy (non-hydrogen) atoms. The van der Waals surface area contributed by atoms with E-state index in [4.69, 9.17) is 14.2 Å². The standard InChI is InChI=1S/C23H28N2O5/c1-28-19-13-18(14-20(29-2)21(19)30-3)23(27)25-11-9-17(10-12-25)22(26)24-15-16-7-5-4-6-8-16/h4-8,13-14,17H,9-12,15H2,1-3H3,(H,24,26). The van der Waals surface area contributed by atoms with Gasteiger partial charge in [0.05, 0.1) is 21.3 Å². The molecule has 160 valence electrons. The average Bonchev–Trinajstić information content (AvgIpc) is 2.81. The maximum Gasteiger partial charge on any atom is 0.254 e. The van der Waals surface area contributed by atoms with Gasteiger partial charge in [-0.25, -0.2) is 0 Å². The van der Waals surface area contributed by atoms with Crippen LogP contribution in [0.25, 0.3) is 0 Å². The number of benzene rings is 2. The van der Waals surface area contributed by atoms with Gasteiger partial charge in [-0.1, -0.05) is 30.3 Å². The van der Waals surface area contributed by atoms with Crippen molar-refractivity contribution in [2.24, 2.45) is 5.92 Å². The Morgan fingerprint density at radius 3 is 2.10 bits per heavy atom. The molecule has 1 fully saturated rings. The normalized spacial score (nSPS) is 14.2. The highest BCUT2D eigenvalue weighted by Crippen LogP contribution is 2.38. The van der Waals surface area contributed by atoms with E-state index in [9.17, 15) is 9.59 Å². The molecule has 0 atom stereocenters. The zero-order chi connectivity index (χ0) is 21.5. The van der Waals surface area contributed by atoms with Gasteiger partial charge in [-0.05, 0) is 30.5 Å². The summed E-state index contributed by atoms with van der Waals surface area (Å²) in [6.07, 6.45) is 1.27. The molecule has 0 aliphatic carbocycles. The molecule has 1 aliphatic heterocycles. The van der Waals surface area contributed by atoms with E-state index in [1.54, 1.807) is 17.0 Å². The van der Waals surface area contributed by atoms with Crippen molar-refractivity contribution in [3.05, 3.63) is 53.6 Å². The van der Waals surface area contributed by atoms with E-state index < -0.39 is 0 Å². The third-order valence-electron chi connectivity index (χ3n) is 5.37. The van der Waals surface area contributed by atoms with Crippen LogP contribution in [0, 0.1) is 5.92 Å². The molecule has 7 nitrogen and oxygen atoms in total. The number of rotatable bonds is 7. The van der Waals surface area contributed by atoms with Gasteiger partial charge in [0.1, 0.15) is 0 Å². The third-order valence-corrected chi connectivity index (χ3v) is 5.37. The number of carbonyl (C=O) groups excluding carboxylic acids is 2. The molecular formula is C23H28N2O5. The van der Waals surface area contributed by atoms with E-state index in [2.05, 4.69) is 5.32 Å². The maximum atomic E-state index is 13.0. The van der Waals surface area contributed by atoms with Crippen molar-refractivity contribution in [2.75, 3.05) is 34.4 Å². The highest BCUT2D eigenvalue weighted by molar-refractivity contribution is 5.96. The molecular weight excluding hydrogens is 384 g/mol. The predicted molar refractivity (Wildman–Crippen MR) is 113 cm³/mol. The zero-order valence-corrected chi connectivity index (χ0v) is 17.6. The molecule has 0 spiro atoms. The number of methoxy groups -OCH3 is 3. The van der Waals surface area contributed by atoms with Gasteiger partial charge in [0.15, 0.2) is 11.5 Å². The molecule has 3 rings (SSSR count). The van der Waals surface area contributed by atoms with Crippen molar-refractivity contribution in [3.8, 4) is 17.2 Å². The van der Waals surface area contributed by atoms with Gasteiger partial charge in [0.25, 0.3) is 5.91 Å². The summed E-state index contributed by atoms with van der Waals surface area (Å²) in [5.74, 6) is 1.17. The Kier molecular flexibility index (Phi) is 7.17. The highest BCUT2D eigenvalue weighted by Gasteiger charge is 2.28. The smallest absolute Gasteiger partial charge is 0.254 e. The molecule has 2 amide bonds. The number of hydrogen-bond acceptors (Lipinski definition) is 5. The molecule has 7 heteroatoms. The molecule has 2 aromatic carbocycles. The molecule has 0 unspecified atom stereocenters. The van der Waals surface area contributed by atoms with Crippen molar-refractivity contribution < 1.29 is 23.8 Å². The summed E-state index contributed by atoms with van der Waals surface area (Å²) in [5.41, 5.74) is 1.54. The lowest BCUT2D eigenvalue weighted by Gasteiger charge is -2.31. The van der Waals surface area contributed by atoms with E-state index in [0.717, 1.165) is 5.56 Å². The van der Waals surface area contributed by atoms with Crippen LogP contribution in [-0.4, -0.2) is 51.1 Å². The lowest BCUT2D eigenvalue weighted by molar-refractivity contribution is -0.126. The van der Waals surface area contributed by atoms with Gasteiger partial charge < -0.3 is 24.4 Å². The van der Waals surface area contributed by atoms with Crippen LogP contribution in [0.1, 0.15) is 28.8 Å².